The van der Waals surface area contributed by atoms with E-state index in [2.05, 4.69) is 0 Å². The minimum absolute atomic E-state index is 0.0511. The minimum Gasteiger partial charge on any atom is -0.493 e. The molecule has 1 aliphatic rings. The van der Waals surface area contributed by atoms with E-state index in [1.807, 2.05) is 27.7 Å². The van der Waals surface area contributed by atoms with Gasteiger partial charge in [-0.25, -0.2) is 0 Å². The maximum atomic E-state index is 13.4. The molecule has 0 saturated heterocycles. The van der Waals surface area contributed by atoms with Crippen molar-refractivity contribution in [1.29, 1.82) is 0 Å². The predicted molar refractivity (Wildman–Crippen MR) is 306 cm³/mol. The lowest BCUT2D eigenvalue weighted by molar-refractivity contribution is 0.186. The first kappa shape index (κ1) is 66.7. The maximum absolute atomic E-state index is 13.4. The summed E-state index contributed by atoms with van der Waals surface area (Å²) in [6, 6.07) is 13.7. The molecule has 4 aromatic carbocycles. The topological polar surface area (TPSA) is 260 Å². The zero-order valence-electron chi connectivity index (χ0n) is 48.4. The second-order valence-corrected chi connectivity index (χ2v) is 27.6. The highest BCUT2D eigenvalue weighted by Crippen LogP contribution is 2.50. The van der Waals surface area contributed by atoms with Crippen molar-refractivity contribution in [2.24, 2.45) is 0 Å². The van der Waals surface area contributed by atoms with E-state index in [0.29, 0.717) is 93.2 Å². The number of benzene rings is 4. The molecule has 4 unspecified atom stereocenters. The first-order valence-electron chi connectivity index (χ1n) is 27.3. The first-order valence-corrected chi connectivity index (χ1v) is 34.4. The summed E-state index contributed by atoms with van der Waals surface area (Å²) in [5.74, 6) is 2.56. The molecule has 0 saturated carbocycles. The van der Waals surface area contributed by atoms with Crippen LogP contribution in [-0.2, 0) is 62.0 Å². The summed E-state index contributed by atoms with van der Waals surface area (Å²) in [4.78, 5) is 43.6. The quantitative estimate of drug-likeness (QED) is 0.0292. The molecule has 1 aliphatic carbocycles. The zero-order chi connectivity index (χ0) is 59.0. The number of rotatable bonds is 32. The minimum atomic E-state index is -4.29. The predicted octanol–water partition coefficient (Wildman–Crippen LogP) is 13.3. The van der Waals surface area contributed by atoms with Gasteiger partial charge in [0.2, 0.25) is 0 Å². The van der Waals surface area contributed by atoms with E-state index in [4.69, 9.17) is 56.0 Å². The summed E-state index contributed by atoms with van der Waals surface area (Å²) in [5.41, 5.74) is 4.40. The molecule has 0 heterocycles. The van der Waals surface area contributed by atoms with Gasteiger partial charge in [0.25, 0.3) is 0 Å². The largest absolute Gasteiger partial charge is 0.493 e. The molecule has 0 radical (unpaired) electrons. The lowest BCUT2D eigenvalue weighted by Gasteiger charge is -2.25. The van der Waals surface area contributed by atoms with E-state index in [1.54, 1.807) is 104 Å². The molecule has 0 aromatic heterocycles. The fourth-order valence-electron chi connectivity index (χ4n) is 8.72. The molecular weight excluding hydrogens is 1120 g/mol. The summed E-state index contributed by atoms with van der Waals surface area (Å²) < 4.78 is 127. The van der Waals surface area contributed by atoms with Gasteiger partial charge in [-0.05, 0) is 130 Å². The number of fused-ring (bicyclic) bond motifs is 8. The van der Waals surface area contributed by atoms with Crippen LogP contribution in [0.2, 0.25) is 0 Å². The third-order valence-corrected chi connectivity index (χ3v) is 16.1. The summed E-state index contributed by atoms with van der Waals surface area (Å²) in [6.45, 7) is 22.1. The SMILES string of the molecule is CCCOc1c2cc(OCP(=O)(O)OC(C)C)cc1Cc1cc(OCP(=O)(O)OC(C)C)cc(c1OCCC)Cc1cc(OCP(=O)(O)OC(C)C)cc(c1OCCC)Cc1cc(OCP(=O)(O)OC(C)C)cc(c1OCCC)C2. The molecule has 0 fully saturated rings. The van der Waals surface area contributed by atoms with Crippen molar-refractivity contribution in [1.82, 2.24) is 0 Å². The molecule has 8 bridgehead atoms. The van der Waals surface area contributed by atoms with Crippen LogP contribution in [0.3, 0.4) is 0 Å². The molecule has 5 rings (SSSR count). The van der Waals surface area contributed by atoms with Gasteiger partial charge in [0.1, 0.15) is 46.0 Å². The summed E-state index contributed by atoms with van der Waals surface area (Å²) in [5, 5.41) is 0. The van der Waals surface area contributed by atoms with Crippen molar-refractivity contribution in [3.63, 3.8) is 0 Å². The first-order chi connectivity index (χ1) is 37.6. The van der Waals surface area contributed by atoms with Gasteiger partial charge in [-0.15, -0.1) is 0 Å². The van der Waals surface area contributed by atoms with Gasteiger partial charge >= 0.3 is 30.4 Å². The van der Waals surface area contributed by atoms with Crippen LogP contribution in [0.5, 0.6) is 46.0 Å². The van der Waals surface area contributed by atoms with Gasteiger partial charge in [0.05, 0.1) is 50.8 Å². The smallest absolute Gasteiger partial charge is 0.365 e. The molecule has 24 heteroatoms. The Balaban J connectivity index is 1.96. The Labute approximate surface area is 472 Å². The molecule has 4 atom stereocenters. The van der Waals surface area contributed by atoms with Crippen molar-refractivity contribution in [3.8, 4) is 46.0 Å². The van der Waals surface area contributed by atoms with Crippen molar-refractivity contribution in [3.05, 3.63) is 93.0 Å². The van der Waals surface area contributed by atoms with Crippen LogP contribution in [0.25, 0.3) is 0 Å². The normalized spacial score (nSPS) is 15.7. The number of hydrogen-bond donors (Lipinski definition) is 4. The maximum Gasteiger partial charge on any atom is 0.365 e. The van der Waals surface area contributed by atoms with E-state index >= 15 is 0 Å². The molecule has 0 spiro atoms. The second kappa shape index (κ2) is 30.4. The van der Waals surface area contributed by atoms with Gasteiger partial charge in [-0.3, -0.25) is 18.3 Å². The zero-order valence-corrected chi connectivity index (χ0v) is 51.9. The Bertz CT molecular complexity index is 2400. The fourth-order valence-corrected chi connectivity index (χ4v) is 12.8. The monoisotopic (exact) mass is 1200 g/mol. The number of ether oxygens (including phenoxy) is 8. The Kier molecular flexibility index (Phi) is 25.4. The molecule has 4 aromatic rings. The van der Waals surface area contributed by atoms with Crippen molar-refractivity contribution < 1.29 is 93.8 Å². The molecule has 4 N–H and O–H groups in total. The van der Waals surface area contributed by atoms with Crippen LogP contribution in [0.1, 0.15) is 153 Å². The highest BCUT2D eigenvalue weighted by Gasteiger charge is 2.30. The highest BCUT2D eigenvalue weighted by molar-refractivity contribution is 7.53. The van der Waals surface area contributed by atoms with E-state index in [0.717, 1.165) is 0 Å². The van der Waals surface area contributed by atoms with E-state index in [9.17, 15) is 37.8 Å². The van der Waals surface area contributed by atoms with Gasteiger partial charge < -0.3 is 75.6 Å². The average Bonchev–Trinajstić information content (AvgIpc) is 3.33. The fraction of sp³-hybridized carbons (Fsp3) is 0.571. The van der Waals surface area contributed by atoms with E-state index in [1.165, 1.54) is 0 Å². The van der Waals surface area contributed by atoms with Gasteiger partial charge in [-0.1, -0.05) is 27.7 Å². The van der Waals surface area contributed by atoms with Crippen molar-refractivity contribution in [2.45, 2.75) is 159 Å². The van der Waals surface area contributed by atoms with Gasteiger partial charge in [-0.2, -0.15) is 0 Å². The van der Waals surface area contributed by atoms with Crippen LogP contribution in [-0.4, -0.2) is 95.8 Å². The van der Waals surface area contributed by atoms with Crippen LogP contribution in [0, 0.1) is 0 Å². The Morgan fingerprint density at radius 3 is 0.625 bits per heavy atom. The molecule has 448 valence electrons. The van der Waals surface area contributed by atoms with Crippen molar-refractivity contribution in [2.75, 3.05) is 51.8 Å². The van der Waals surface area contributed by atoms with Crippen molar-refractivity contribution >= 4 is 30.4 Å². The second-order valence-electron chi connectivity index (χ2n) is 20.6. The average molecular weight is 1200 g/mol. The van der Waals surface area contributed by atoms with Crippen LogP contribution in [0.15, 0.2) is 48.5 Å². The molecule has 20 nitrogen and oxygen atoms in total. The molecule has 0 amide bonds. The summed E-state index contributed by atoms with van der Waals surface area (Å²) in [7, 11) is -17.1. The Hall–Kier alpha value is -4.12. The van der Waals surface area contributed by atoms with Gasteiger partial charge in [0.15, 0.2) is 25.4 Å². The summed E-state index contributed by atoms with van der Waals surface area (Å²) in [6.07, 6.45) is -2.46. The number of hydrogen-bond acceptors (Lipinski definition) is 16. The molecule has 80 heavy (non-hydrogen) atoms. The third-order valence-electron chi connectivity index (χ3n) is 11.3. The lowest BCUT2D eigenvalue weighted by atomic mass is 9.90. The van der Waals surface area contributed by atoms with Crippen LogP contribution in [0.4, 0.5) is 0 Å². The lowest BCUT2D eigenvalue weighted by Crippen LogP contribution is -2.12. The van der Waals surface area contributed by atoms with Crippen LogP contribution >= 0.6 is 30.4 Å². The third kappa shape index (κ3) is 21.3. The van der Waals surface area contributed by atoms with E-state index < -0.39 is 80.2 Å². The Morgan fingerprint density at radius 1 is 0.325 bits per heavy atom. The summed E-state index contributed by atoms with van der Waals surface area (Å²) >= 11 is 0. The van der Waals surface area contributed by atoms with E-state index in [-0.39, 0.29) is 75.1 Å². The van der Waals surface area contributed by atoms with Gasteiger partial charge in [0, 0.05) is 70.2 Å². The molecule has 0 aliphatic heterocycles. The standard InChI is InChI=1S/C56H84O20P4/c1-13-17-65-53-41-21-43-27-50(70-34-78(59,60)74-38(7)8)29-45(54(43)66-18-14-2)23-47-31-52(72-36-80(63,64)76-40(11)12)32-48(56(47)68-20-16-4)24-46-30-51(71-35-79(61,62)75-39(9)10)28-44(55(46)67-19-15-3)22-42(53)26-49(25-41)69-33-77(57,58)73-37(5)6/h25-32,37-40H,13-24,33-36H2,1-12H3,(H,57,58)(H,59,60)(H,61,62)(H,63,64). The molecular formula is C56H84O20P4. The highest BCUT2D eigenvalue weighted by atomic mass is 31.2. The Morgan fingerprint density at radius 2 is 0.487 bits per heavy atom. The van der Waals surface area contributed by atoms with Crippen LogP contribution < -0.4 is 37.9 Å².